The van der Waals surface area contributed by atoms with E-state index in [2.05, 4.69) is 13.5 Å². The number of halogens is 1. The second-order valence-electron chi connectivity index (χ2n) is 2.51. The average molecular weight is 199 g/mol. The van der Waals surface area contributed by atoms with E-state index in [1.165, 1.54) is 4.90 Å². The number of thioether (sulfide) groups is 1. The van der Waals surface area contributed by atoms with E-state index < -0.39 is 0 Å². The Balaban J connectivity index is 2.64. The molecule has 0 fully saturated rings. The lowest BCUT2D eigenvalue weighted by molar-refractivity contribution is 1.24. The summed E-state index contributed by atoms with van der Waals surface area (Å²) in [6, 6.07) is 7.85. The van der Waals surface area contributed by atoms with Gasteiger partial charge in [0, 0.05) is 15.2 Å². The third-order valence-electron chi connectivity index (χ3n) is 1.47. The van der Waals surface area contributed by atoms with Crippen LogP contribution in [0.5, 0.6) is 0 Å². The lowest BCUT2D eigenvalue weighted by Gasteiger charge is -2.04. The largest absolute Gasteiger partial charge is 0.119 e. The van der Waals surface area contributed by atoms with E-state index in [1.54, 1.807) is 11.8 Å². The first kappa shape index (κ1) is 9.69. The highest BCUT2D eigenvalue weighted by Crippen LogP contribution is 2.24. The Morgan fingerprint density at radius 1 is 1.42 bits per heavy atom. The van der Waals surface area contributed by atoms with E-state index in [0.717, 1.165) is 5.02 Å². The molecule has 2 heteroatoms. The van der Waals surface area contributed by atoms with Crippen LogP contribution in [-0.4, -0.2) is 5.25 Å². The zero-order valence-corrected chi connectivity index (χ0v) is 8.53. The fourth-order valence-corrected chi connectivity index (χ4v) is 1.72. The Hall–Kier alpha value is -0.400. The van der Waals surface area contributed by atoms with Crippen LogP contribution in [0.3, 0.4) is 0 Å². The zero-order chi connectivity index (χ0) is 8.97. The summed E-state index contributed by atoms with van der Waals surface area (Å²) in [7, 11) is 0. The fraction of sp³-hybridized carbons (Fsp3) is 0.200. The summed E-state index contributed by atoms with van der Waals surface area (Å²) in [6.07, 6.45) is 1.93. The molecule has 12 heavy (non-hydrogen) atoms. The molecular weight excluding hydrogens is 188 g/mol. The summed E-state index contributed by atoms with van der Waals surface area (Å²) in [4.78, 5) is 1.23. The number of hydrogen-bond acceptors (Lipinski definition) is 1. The monoisotopic (exact) mass is 198 g/mol. The highest BCUT2D eigenvalue weighted by atomic mass is 35.5. The van der Waals surface area contributed by atoms with Gasteiger partial charge in [0.1, 0.15) is 0 Å². The van der Waals surface area contributed by atoms with Crippen molar-refractivity contribution in [3.8, 4) is 0 Å². The Bertz CT molecular complexity index is 253. The molecule has 0 saturated heterocycles. The highest BCUT2D eigenvalue weighted by Gasteiger charge is 1.98. The molecule has 64 valence electrons. The van der Waals surface area contributed by atoms with Gasteiger partial charge < -0.3 is 0 Å². The van der Waals surface area contributed by atoms with Gasteiger partial charge in [-0.15, -0.1) is 18.3 Å². The second-order valence-corrected chi connectivity index (χ2v) is 4.40. The maximum absolute atomic E-state index is 5.75. The molecule has 0 aromatic heterocycles. The van der Waals surface area contributed by atoms with Gasteiger partial charge in [0.15, 0.2) is 0 Å². The van der Waals surface area contributed by atoms with E-state index >= 15 is 0 Å². The van der Waals surface area contributed by atoms with Crippen LogP contribution in [-0.2, 0) is 0 Å². The van der Waals surface area contributed by atoms with Crippen molar-refractivity contribution in [1.29, 1.82) is 0 Å². The maximum atomic E-state index is 5.75. The van der Waals surface area contributed by atoms with Crippen LogP contribution >= 0.6 is 23.4 Å². The predicted molar refractivity (Wildman–Crippen MR) is 57.0 cm³/mol. The fourth-order valence-electron chi connectivity index (χ4n) is 0.776. The third-order valence-corrected chi connectivity index (χ3v) is 2.83. The smallest absolute Gasteiger partial charge is 0.0406 e. The Labute approximate surface area is 82.6 Å². The average Bonchev–Trinajstić information content (AvgIpc) is 2.09. The summed E-state index contributed by atoms with van der Waals surface area (Å²) < 4.78 is 0. The molecule has 1 atom stereocenters. The molecule has 0 bridgehead atoms. The minimum Gasteiger partial charge on any atom is -0.119 e. The summed E-state index contributed by atoms with van der Waals surface area (Å²) in [5.74, 6) is 0. The van der Waals surface area contributed by atoms with Gasteiger partial charge in [0.25, 0.3) is 0 Å². The molecule has 0 heterocycles. The van der Waals surface area contributed by atoms with Crippen LogP contribution in [0.4, 0.5) is 0 Å². The first-order valence-electron chi connectivity index (χ1n) is 3.77. The van der Waals surface area contributed by atoms with Gasteiger partial charge in [-0.25, -0.2) is 0 Å². The first-order valence-corrected chi connectivity index (χ1v) is 5.03. The van der Waals surface area contributed by atoms with Crippen LogP contribution < -0.4 is 0 Å². The van der Waals surface area contributed by atoms with Crippen LogP contribution in [0.2, 0.25) is 5.02 Å². The highest BCUT2D eigenvalue weighted by molar-refractivity contribution is 8.00. The van der Waals surface area contributed by atoms with Gasteiger partial charge in [0.05, 0.1) is 0 Å². The van der Waals surface area contributed by atoms with E-state index in [-0.39, 0.29) is 0 Å². The molecule has 0 aliphatic rings. The Morgan fingerprint density at radius 3 is 2.50 bits per heavy atom. The van der Waals surface area contributed by atoms with Crippen LogP contribution in [0.15, 0.2) is 41.8 Å². The minimum absolute atomic E-state index is 0.450. The predicted octanol–water partition coefficient (Wildman–Crippen LogP) is 4.01. The van der Waals surface area contributed by atoms with Crippen molar-refractivity contribution < 1.29 is 0 Å². The van der Waals surface area contributed by atoms with Crippen molar-refractivity contribution >= 4 is 23.4 Å². The molecule has 0 saturated carbocycles. The van der Waals surface area contributed by atoms with Crippen molar-refractivity contribution in [2.45, 2.75) is 17.1 Å². The van der Waals surface area contributed by atoms with Crippen LogP contribution in [0, 0.1) is 0 Å². The Morgan fingerprint density at radius 2 is 2.00 bits per heavy atom. The van der Waals surface area contributed by atoms with Gasteiger partial charge in [-0.1, -0.05) is 17.7 Å². The molecule has 0 amide bonds. The van der Waals surface area contributed by atoms with Gasteiger partial charge in [-0.3, -0.25) is 0 Å². The molecule has 0 radical (unpaired) electrons. The molecule has 1 aromatic rings. The van der Waals surface area contributed by atoms with E-state index in [1.807, 2.05) is 30.3 Å². The molecule has 0 aliphatic heterocycles. The molecule has 1 aromatic carbocycles. The van der Waals surface area contributed by atoms with Crippen molar-refractivity contribution in [1.82, 2.24) is 0 Å². The minimum atomic E-state index is 0.450. The summed E-state index contributed by atoms with van der Waals surface area (Å²) in [6.45, 7) is 5.84. The third kappa shape index (κ3) is 2.92. The van der Waals surface area contributed by atoms with Crippen LogP contribution in [0.1, 0.15) is 6.92 Å². The van der Waals surface area contributed by atoms with Gasteiger partial charge in [-0.2, -0.15) is 0 Å². The SMILES string of the molecule is C=CC(C)Sc1ccc(Cl)cc1. The van der Waals surface area contributed by atoms with Gasteiger partial charge >= 0.3 is 0 Å². The lowest BCUT2D eigenvalue weighted by Crippen LogP contribution is -1.87. The van der Waals surface area contributed by atoms with E-state index in [9.17, 15) is 0 Å². The number of benzene rings is 1. The zero-order valence-electron chi connectivity index (χ0n) is 6.96. The molecule has 1 unspecified atom stereocenters. The normalized spacial score (nSPS) is 12.5. The van der Waals surface area contributed by atoms with Gasteiger partial charge in [-0.05, 0) is 31.2 Å². The molecular formula is C10H11ClS. The molecule has 1 rings (SSSR count). The number of rotatable bonds is 3. The van der Waals surface area contributed by atoms with Crippen molar-refractivity contribution in [3.63, 3.8) is 0 Å². The van der Waals surface area contributed by atoms with Crippen molar-refractivity contribution in [2.24, 2.45) is 0 Å². The second kappa shape index (κ2) is 4.58. The molecule has 0 spiro atoms. The van der Waals surface area contributed by atoms with Crippen LogP contribution in [0.25, 0.3) is 0 Å². The summed E-state index contributed by atoms with van der Waals surface area (Å²) >= 11 is 7.53. The quantitative estimate of drug-likeness (QED) is 0.523. The first-order chi connectivity index (χ1) is 5.72. The molecule has 0 nitrogen and oxygen atoms in total. The van der Waals surface area contributed by atoms with Crippen molar-refractivity contribution in [3.05, 3.63) is 41.9 Å². The molecule has 0 aliphatic carbocycles. The summed E-state index contributed by atoms with van der Waals surface area (Å²) in [5.41, 5.74) is 0. The van der Waals surface area contributed by atoms with E-state index in [4.69, 9.17) is 11.6 Å². The molecule has 0 N–H and O–H groups in total. The standard InChI is InChI=1S/C10H11ClS/c1-3-8(2)12-10-6-4-9(11)5-7-10/h3-8H,1H2,2H3. The topological polar surface area (TPSA) is 0 Å². The lowest BCUT2D eigenvalue weighted by atomic mass is 10.4. The van der Waals surface area contributed by atoms with Crippen molar-refractivity contribution in [2.75, 3.05) is 0 Å². The number of hydrogen-bond donors (Lipinski definition) is 0. The Kier molecular flexibility index (Phi) is 3.70. The summed E-state index contributed by atoms with van der Waals surface area (Å²) in [5, 5.41) is 1.23. The van der Waals surface area contributed by atoms with E-state index in [0.29, 0.717) is 5.25 Å². The van der Waals surface area contributed by atoms with Gasteiger partial charge in [0.2, 0.25) is 0 Å². The maximum Gasteiger partial charge on any atom is 0.0406 e.